The lowest BCUT2D eigenvalue weighted by molar-refractivity contribution is -0.148. The van der Waals surface area contributed by atoms with E-state index in [1.165, 1.54) is 7.11 Å². The zero-order chi connectivity index (χ0) is 14.8. The van der Waals surface area contributed by atoms with Gasteiger partial charge in [-0.2, -0.15) is 0 Å². The van der Waals surface area contributed by atoms with E-state index in [1.54, 1.807) is 12.4 Å². The first kappa shape index (κ1) is 14.0. The third-order valence-electron chi connectivity index (χ3n) is 4.80. The number of methoxy groups -OCH3 is 1. The van der Waals surface area contributed by atoms with Crippen molar-refractivity contribution in [1.82, 2.24) is 10.3 Å². The van der Waals surface area contributed by atoms with E-state index < -0.39 is 0 Å². The average Bonchev–Trinajstić information content (AvgIpc) is 3.08. The van der Waals surface area contributed by atoms with E-state index in [9.17, 15) is 9.59 Å². The topological polar surface area (TPSA) is 68.3 Å². The quantitative estimate of drug-likeness (QED) is 0.849. The fourth-order valence-corrected chi connectivity index (χ4v) is 3.90. The first-order valence-electron chi connectivity index (χ1n) is 7.45. The van der Waals surface area contributed by atoms with Crippen molar-refractivity contribution in [2.45, 2.75) is 31.7 Å². The molecule has 3 rings (SSSR count). The summed E-state index contributed by atoms with van der Waals surface area (Å²) >= 11 is 0. The van der Waals surface area contributed by atoms with Gasteiger partial charge in [-0.1, -0.05) is 6.07 Å². The lowest BCUT2D eigenvalue weighted by atomic mass is 9.84. The molecule has 0 radical (unpaired) electrons. The van der Waals surface area contributed by atoms with Crippen LogP contribution < -0.4 is 5.32 Å². The number of fused-ring (bicyclic) bond motifs is 2. The molecule has 1 N–H and O–H groups in total. The smallest absolute Gasteiger partial charge is 0.311 e. The third-order valence-corrected chi connectivity index (χ3v) is 4.80. The molecule has 4 unspecified atom stereocenters. The predicted molar refractivity (Wildman–Crippen MR) is 76.2 cm³/mol. The SMILES string of the molecule is COC(=O)C1C2CCC(C2)C1NC(=O)Cc1cccnc1. The summed E-state index contributed by atoms with van der Waals surface area (Å²) in [6, 6.07) is 3.63. The molecule has 4 atom stereocenters. The van der Waals surface area contributed by atoms with Crippen LogP contribution in [-0.4, -0.2) is 30.0 Å². The zero-order valence-corrected chi connectivity index (χ0v) is 12.1. The van der Waals surface area contributed by atoms with Crippen molar-refractivity contribution >= 4 is 11.9 Å². The number of nitrogens with zero attached hydrogens (tertiary/aromatic N) is 1. The lowest BCUT2D eigenvalue weighted by Gasteiger charge is -2.29. The van der Waals surface area contributed by atoms with Gasteiger partial charge in [0.2, 0.25) is 5.91 Å². The summed E-state index contributed by atoms with van der Waals surface area (Å²) in [6.45, 7) is 0. The van der Waals surface area contributed by atoms with E-state index in [2.05, 4.69) is 10.3 Å². The van der Waals surface area contributed by atoms with E-state index in [0.717, 1.165) is 24.8 Å². The summed E-state index contributed by atoms with van der Waals surface area (Å²) in [7, 11) is 1.42. The number of ether oxygens (including phenoxy) is 1. The monoisotopic (exact) mass is 288 g/mol. The molecular formula is C16H20N2O3. The number of hydrogen-bond acceptors (Lipinski definition) is 4. The number of carbonyl (C=O) groups excluding carboxylic acids is 2. The van der Waals surface area contributed by atoms with Crippen molar-refractivity contribution in [3.05, 3.63) is 30.1 Å². The predicted octanol–water partition coefficient (Wildman–Crippen LogP) is 1.33. The highest BCUT2D eigenvalue weighted by Crippen LogP contribution is 2.48. The number of esters is 1. The van der Waals surface area contributed by atoms with Gasteiger partial charge in [0.1, 0.15) is 0 Å². The van der Waals surface area contributed by atoms with Crippen molar-refractivity contribution in [2.75, 3.05) is 7.11 Å². The molecule has 1 aromatic rings. The molecule has 112 valence electrons. The molecule has 1 amide bonds. The zero-order valence-electron chi connectivity index (χ0n) is 12.1. The van der Waals surface area contributed by atoms with Crippen LogP contribution in [0, 0.1) is 17.8 Å². The largest absolute Gasteiger partial charge is 0.469 e. The first-order chi connectivity index (χ1) is 10.2. The Bertz CT molecular complexity index is 532. The van der Waals surface area contributed by atoms with Gasteiger partial charge in [0.15, 0.2) is 0 Å². The Labute approximate surface area is 124 Å². The number of nitrogens with one attached hydrogen (secondary N) is 1. The maximum absolute atomic E-state index is 12.2. The second-order valence-corrected chi connectivity index (χ2v) is 6.01. The van der Waals surface area contributed by atoms with Crippen LogP contribution in [0.3, 0.4) is 0 Å². The molecule has 2 aliphatic rings. The van der Waals surface area contributed by atoms with E-state index in [-0.39, 0.29) is 23.8 Å². The van der Waals surface area contributed by atoms with Crippen LogP contribution >= 0.6 is 0 Å². The molecule has 5 heteroatoms. The molecule has 2 aliphatic carbocycles. The van der Waals surface area contributed by atoms with Crippen LogP contribution in [0.5, 0.6) is 0 Å². The van der Waals surface area contributed by atoms with Crippen molar-refractivity contribution in [3.8, 4) is 0 Å². The molecule has 21 heavy (non-hydrogen) atoms. The molecule has 0 saturated heterocycles. The maximum atomic E-state index is 12.2. The molecule has 2 saturated carbocycles. The molecule has 0 aliphatic heterocycles. The van der Waals surface area contributed by atoms with Gasteiger partial charge < -0.3 is 10.1 Å². The number of hydrogen-bond donors (Lipinski definition) is 1. The van der Waals surface area contributed by atoms with E-state index in [0.29, 0.717) is 18.3 Å². The molecular weight excluding hydrogens is 268 g/mol. The second kappa shape index (κ2) is 5.84. The minimum absolute atomic E-state index is 0.0468. The number of carbonyl (C=O) groups is 2. The Morgan fingerprint density at radius 1 is 1.38 bits per heavy atom. The Balaban J connectivity index is 1.65. The van der Waals surface area contributed by atoms with Crippen molar-refractivity contribution in [3.63, 3.8) is 0 Å². The van der Waals surface area contributed by atoms with Gasteiger partial charge in [0.25, 0.3) is 0 Å². The molecule has 1 aromatic heterocycles. The van der Waals surface area contributed by atoms with Crippen LogP contribution in [0.2, 0.25) is 0 Å². The van der Waals surface area contributed by atoms with Gasteiger partial charge in [0.05, 0.1) is 19.4 Å². The van der Waals surface area contributed by atoms with Crippen LogP contribution in [0.1, 0.15) is 24.8 Å². The summed E-state index contributed by atoms with van der Waals surface area (Å²) in [5.74, 6) is 0.373. The van der Waals surface area contributed by atoms with Gasteiger partial charge in [-0.05, 0) is 42.7 Å². The Hall–Kier alpha value is -1.91. The molecule has 5 nitrogen and oxygen atoms in total. The number of aromatic nitrogens is 1. The summed E-state index contributed by atoms with van der Waals surface area (Å²) in [6.07, 6.45) is 6.87. The van der Waals surface area contributed by atoms with Gasteiger partial charge in [0, 0.05) is 18.4 Å². The van der Waals surface area contributed by atoms with Gasteiger partial charge in [-0.3, -0.25) is 14.6 Å². The van der Waals surface area contributed by atoms with E-state index >= 15 is 0 Å². The lowest BCUT2D eigenvalue weighted by Crippen LogP contribution is -2.47. The Morgan fingerprint density at radius 2 is 2.19 bits per heavy atom. The highest BCUT2D eigenvalue weighted by atomic mass is 16.5. The molecule has 0 spiro atoms. The Morgan fingerprint density at radius 3 is 2.90 bits per heavy atom. The molecule has 2 fully saturated rings. The van der Waals surface area contributed by atoms with Crippen molar-refractivity contribution in [1.29, 1.82) is 0 Å². The first-order valence-corrected chi connectivity index (χ1v) is 7.45. The molecule has 1 heterocycles. The highest BCUT2D eigenvalue weighted by Gasteiger charge is 2.51. The van der Waals surface area contributed by atoms with Crippen LogP contribution in [0.25, 0.3) is 0 Å². The molecule has 2 bridgehead atoms. The minimum Gasteiger partial charge on any atom is -0.469 e. The summed E-state index contributed by atoms with van der Waals surface area (Å²) < 4.78 is 4.92. The Kier molecular flexibility index (Phi) is 3.90. The minimum atomic E-state index is -0.186. The average molecular weight is 288 g/mol. The fourth-order valence-electron chi connectivity index (χ4n) is 3.90. The third kappa shape index (κ3) is 2.77. The van der Waals surface area contributed by atoms with Gasteiger partial charge in [-0.15, -0.1) is 0 Å². The van der Waals surface area contributed by atoms with Gasteiger partial charge >= 0.3 is 5.97 Å². The summed E-state index contributed by atoms with van der Waals surface area (Å²) in [4.78, 5) is 28.2. The van der Waals surface area contributed by atoms with Crippen LogP contribution in [0.15, 0.2) is 24.5 Å². The number of amides is 1. The fraction of sp³-hybridized carbons (Fsp3) is 0.562. The van der Waals surface area contributed by atoms with E-state index in [4.69, 9.17) is 4.74 Å². The summed E-state index contributed by atoms with van der Waals surface area (Å²) in [5, 5.41) is 3.06. The summed E-state index contributed by atoms with van der Waals surface area (Å²) in [5.41, 5.74) is 0.882. The highest BCUT2D eigenvalue weighted by molar-refractivity contribution is 5.81. The second-order valence-electron chi connectivity index (χ2n) is 6.01. The normalized spacial score (nSPS) is 30.1. The molecule has 0 aromatic carbocycles. The standard InChI is InChI=1S/C16H20N2O3/c1-21-16(20)14-11-4-5-12(8-11)15(14)18-13(19)7-10-3-2-6-17-9-10/h2-3,6,9,11-12,14-15H,4-5,7-8H2,1H3,(H,18,19). The van der Waals surface area contributed by atoms with Crippen LogP contribution in [-0.2, 0) is 20.7 Å². The maximum Gasteiger partial charge on any atom is 0.311 e. The number of rotatable bonds is 4. The van der Waals surface area contributed by atoms with Gasteiger partial charge in [-0.25, -0.2) is 0 Å². The van der Waals surface area contributed by atoms with Crippen molar-refractivity contribution < 1.29 is 14.3 Å². The van der Waals surface area contributed by atoms with E-state index in [1.807, 2.05) is 12.1 Å². The number of pyridine rings is 1. The van der Waals surface area contributed by atoms with Crippen molar-refractivity contribution in [2.24, 2.45) is 17.8 Å². The van der Waals surface area contributed by atoms with Crippen LogP contribution in [0.4, 0.5) is 0 Å².